The molecular formula is C42H51N7O9. The number of esters is 1. The average Bonchev–Trinajstić information content (AvgIpc) is 3.75. The highest BCUT2D eigenvalue weighted by Crippen LogP contribution is 2.56. The third-order valence-electron chi connectivity index (χ3n) is 10.2. The predicted octanol–water partition coefficient (Wildman–Crippen LogP) is 4.49. The molecule has 0 aliphatic carbocycles. The highest BCUT2D eigenvalue weighted by atomic mass is 16.6. The van der Waals surface area contributed by atoms with Crippen molar-refractivity contribution in [3.8, 4) is 17.2 Å². The lowest BCUT2D eigenvalue weighted by atomic mass is 9.77. The van der Waals surface area contributed by atoms with E-state index < -0.39 is 64.8 Å². The van der Waals surface area contributed by atoms with Gasteiger partial charge >= 0.3 is 12.1 Å². The van der Waals surface area contributed by atoms with Crippen molar-refractivity contribution in [2.75, 3.05) is 25.5 Å². The van der Waals surface area contributed by atoms with E-state index in [-0.39, 0.29) is 12.4 Å². The van der Waals surface area contributed by atoms with Crippen molar-refractivity contribution >= 4 is 41.2 Å². The Morgan fingerprint density at radius 1 is 1.02 bits per heavy atom. The zero-order valence-electron chi connectivity index (χ0n) is 33.5. The third-order valence-corrected chi connectivity index (χ3v) is 10.2. The number of ketones is 2. The van der Waals surface area contributed by atoms with Gasteiger partial charge in [-0.25, -0.2) is 20.0 Å². The van der Waals surface area contributed by atoms with Crippen molar-refractivity contribution in [3.63, 3.8) is 0 Å². The largest absolute Gasteiger partial charge is 0.497 e. The summed E-state index contributed by atoms with van der Waals surface area (Å²) in [5.41, 5.74) is 9.14. The molecule has 2 unspecified atom stereocenters. The van der Waals surface area contributed by atoms with Crippen molar-refractivity contribution in [2.24, 2.45) is 11.7 Å². The Labute approximate surface area is 337 Å². The van der Waals surface area contributed by atoms with Crippen molar-refractivity contribution in [1.29, 1.82) is 5.41 Å². The number of anilines is 1. The molecule has 7 N–H and O–H groups in total. The SMILES string of the molecule is COc1ccc2c(c1)C1(OC2=O)c2ccccc2Oc2cc(NC(=O)C(CCCNC(=N)N)NN3CCC[C@H]3C(=O)C(=O)[C@@H](NC(=O)OC(C)(C)C)C(C)C)ccc21. The van der Waals surface area contributed by atoms with Crippen LogP contribution in [0.2, 0.25) is 0 Å². The van der Waals surface area contributed by atoms with E-state index >= 15 is 0 Å². The Kier molecular flexibility index (Phi) is 12.1. The van der Waals surface area contributed by atoms with Crippen LogP contribution in [-0.2, 0) is 29.5 Å². The van der Waals surface area contributed by atoms with E-state index in [9.17, 15) is 24.0 Å². The number of nitrogens with zero attached hydrogens (tertiary/aromatic N) is 1. The number of nitrogens with two attached hydrogens (primary N) is 1. The summed E-state index contributed by atoms with van der Waals surface area (Å²) in [5, 5.41) is 17.4. The van der Waals surface area contributed by atoms with Gasteiger partial charge in [0.1, 0.15) is 34.9 Å². The molecule has 1 saturated heterocycles. The molecule has 3 aliphatic heterocycles. The number of hydrogen-bond acceptors (Lipinski definition) is 12. The van der Waals surface area contributed by atoms with Gasteiger partial charge in [-0.05, 0) is 88.8 Å². The smallest absolute Gasteiger partial charge is 0.408 e. The Morgan fingerprint density at radius 2 is 1.76 bits per heavy atom. The maximum Gasteiger partial charge on any atom is 0.408 e. The Bertz CT molecular complexity index is 2120. The molecule has 16 nitrogen and oxygen atoms in total. The molecule has 6 rings (SSSR count). The fourth-order valence-electron chi connectivity index (χ4n) is 7.55. The first-order valence-corrected chi connectivity index (χ1v) is 19.3. The van der Waals surface area contributed by atoms with Crippen molar-refractivity contribution < 1.29 is 42.9 Å². The first-order valence-electron chi connectivity index (χ1n) is 19.3. The van der Waals surface area contributed by atoms with E-state index in [4.69, 9.17) is 30.1 Å². The number of benzene rings is 3. The number of methoxy groups -OCH3 is 1. The number of guanidine groups is 1. The highest BCUT2D eigenvalue weighted by molar-refractivity contribution is 6.41. The molecule has 308 valence electrons. The van der Waals surface area contributed by atoms with Crippen molar-refractivity contribution in [1.82, 2.24) is 21.1 Å². The minimum absolute atomic E-state index is 0.209. The van der Waals surface area contributed by atoms with Gasteiger partial charge in [0, 0.05) is 41.5 Å². The second-order valence-electron chi connectivity index (χ2n) is 15.9. The monoisotopic (exact) mass is 797 g/mol. The number of carbonyl (C=O) groups is 5. The summed E-state index contributed by atoms with van der Waals surface area (Å²) in [6.07, 6.45) is 0.824. The van der Waals surface area contributed by atoms with Crippen LogP contribution in [0, 0.1) is 11.3 Å². The van der Waals surface area contributed by atoms with Gasteiger partial charge in [-0.2, -0.15) is 0 Å². The molecule has 4 atom stereocenters. The molecule has 1 fully saturated rings. The van der Waals surface area contributed by atoms with Gasteiger partial charge in [-0.1, -0.05) is 32.0 Å². The number of hydrazine groups is 1. The summed E-state index contributed by atoms with van der Waals surface area (Å²) in [4.78, 5) is 67.5. The molecule has 0 radical (unpaired) electrons. The zero-order valence-corrected chi connectivity index (χ0v) is 33.5. The first kappa shape index (κ1) is 41.6. The number of rotatable bonds is 14. The average molecular weight is 798 g/mol. The van der Waals surface area contributed by atoms with Gasteiger partial charge in [0.2, 0.25) is 17.5 Å². The minimum Gasteiger partial charge on any atom is -0.497 e. The summed E-state index contributed by atoms with van der Waals surface area (Å²) in [6.45, 7) is 9.26. The maximum atomic E-state index is 14.1. The van der Waals surface area contributed by atoms with Gasteiger partial charge in [0.15, 0.2) is 11.6 Å². The predicted molar refractivity (Wildman–Crippen MR) is 214 cm³/mol. The summed E-state index contributed by atoms with van der Waals surface area (Å²) >= 11 is 0. The van der Waals surface area contributed by atoms with Crippen LogP contribution in [0.3, 0.4) is 0 Å². The number of ether oxygens (including phenoxy) is 4. The van der Waals surface area contributed by atoms with Crippen molar-refractivity contribution in [2.45, 2.75) is 89.6 Å². The van der Waals surface area contributed by atoms with Crippen molar-refractivity contribution in [3.05, 3.63) is 82.9 Å². The second kappa shape index (κ2) is 16.8. The summed E-state index contributed by atoms with van der Waals surface area (Å²) in [5.74, 6) is -1.61. The fourth-order valence-corrected chi connectivity index (χ4v) is 7.55. The summed E-state index contributed by atoms with van der Waals surface area (Å²) in [7, 11) is 1.55. The van der Waals surface area contributed by atoms with E-state index in [0.29, 0.717) is 77.5 Å². The molecule has 3 aliphatic rings. The van der Waals surface area contributed by atoms with E-state index in [0.717, 1.165) is 0 Å². The van der Waals surface area contributed by atoms with Crippen LogP contribution in [0.1, 0.15) is 87.4 Å². The molecule has 16 heteroatoms. The number of Topliss-reactive ketones (excluding diaryl/α,β-unsaturated/α-hetero) is 2. The van der Waals surface area contributed by atoms with Gasteiger partial charge < -0.3 is 40.6 Å². The van der Waals surface area contributed by atoms with Crippen LogP contribution < -0.4 is 36.6 Å². The summed E-state index contributed by atoms with van der Waals surface area (Å²) < 4.78 is 23.5. The second-order valence-corrected chi connectivity index (χ2v) is 15.9. The normalized spacial score (nSPS) is 19.2. The molecule has 1 spiro atoms. The highest BCUT2D eigenvalue weighted by Gasteiger charge is 2.54. The van der Waals surface area contributed by atoms with Crippen LogP contribution in [-0.4, -0.2) is 84.4 Å². The number of alkyl carbamates (subject to hydrolysis) is 1. The molecule has 0 aromatic heterocycles. The number of hydrogen-bond donors (Lipinski definition) is 6. The van der Waals surface area contributed by atoms with E-state index in [1.54, 1.807) is 89.2 Å². The van der Waals surface area contributed by atoms with Gasteiger partial charge in [0.05, 0.1) is 18.7 Å². The number of amides is 2. The minimum atomic E-state index is -1.34. The topological polar surface area (TPSA) is 224 Å². The quantitative estimate of drug-likeness (QED) is 0.0436. The third kappa shape index (κ3) is 8.62. The Balaban J connectivity index is 1.24. The Morgan fingerprint density at radius 3 is 2.47 bits per heavy atom. The fraction of sp³-hybridized carbons (Fsp3) is 0.429. The van der Waals surface area contributed by atoms with Gasteiger partial charge in [-0.15, -0.1) is 0 Å². The van der Waals surface area contributed by atoms with Crippen LogP contribution in [0.15, 0.2) is 60.7 Å². The molecule has 3 heterocycles. The molecular weight excluding hydrogens is 747 g/mol. The van der Waals surface area contributed by atoms with Gasteiger partial charge in [-0.3, -0.25) is 19.8 Å². The molecule has 3 aromatic rings. The zero-order chi connectivity index (χ0) is 41.9. The van der Waals surface area contributed by atoms with Crippen LogP contribution in [0.5, 0.6) is 17.2 Å². The molecule has 2 amide bonds. The van der Waals surface area contributed by atoms with Crippen LogP contribution in [0.4, 0.5) is 10.5 Å². The summed E-state index contributed by atoms with van der Waals surface area (Å²) in [6, 6.07) is 14.7. The number of nitrogens with one attached hydrogen (secondary N) is 5. The van der Waals surface area contributed by atoms with E-state index in [2.05, 4.69) is 21.4 Å². The van der Waals surface area contributed by atoms with E-state index in [1.807, 2.05) is 18.2 Å². The standard InChI is InChI=1S/C42H51N7O9/c1-23(2)34(47-40(54)58-41(3,4)5)36(51)35(50)31-13-10-20-49(31)48-30(12-9-19-45-39(43)44)37(52)46-24-15-18-28-33(21-24)56-32-14-8-7-11-27(32)42(28)29-22-25(55-6)16-17-26(29)38(53)57-42/h7-8,11,14-18,21-23,30-31,34,48H,9-10,12-13,19-20H2,1-6H3,(H,46,52)(H,47,54)(H4,43,44,45)/t30?,31-,34-,42?/m0/s1. The van der Waals surface area contributed by atoms with Crippen LogP contribution >= 0.6 is 0 Å². The number of fused-ring (bicyclic) bond motifs is 6. The first-order chi connectivity index (χ1) is 27.5. The lowest BCUT2D eigenvalue weighted by molar-refractivity contribution is -0.142. The molecule has 0 bridgehead atoms. The lowest BCUT2D eigenvalue weighted by Gasteiger charge is -2.36. The molecule has 58 heavy (non-hydrogen) atoms. The van der Waals surface area contributed by atoms with Crippen LogP contribution in [0.25, 0.3) is 0 Å². The number of para-hydroxylation sites is 1. The molecule has 0 saturated carbocycles. The maximum absolute atomic E-state index is 14.1. The van der Waals surface area contributed by atoms with E-state index in [1.165, 1.54) is 0 Å². The molecule has 3 aromatic carbocycles. The number of carbonyl (C=O) groups excluding carboxylic acids is 5. The lowest BCUT2D eigenvalue weighted by Crippen LogP contribution is -2.57. The Hall–Kier alpha value is -6.00. The van der Waals surface area contributed by atoms with Gasteiger partial charge in [0.25, 0.3) is 0 Å².